The Balaban J connectivity index is 0.000000658. The van der Waals surface area contributed by atoms with Crippen molar-refractivity contribution in [2.75, 3.05) is 0 Å². The Morgan fingerprint density at radius 3 is 0.206 bits per heavy atom. The predicted molar refractivity (Wildman–Crippen MR) is 290 cm³/mol. The van der Waals surface area contributed by atoms with Crippen LogP contribution in [0.15, 0.2) is 0 Å². The third-order valence-corrected chi connectivity index (χ3v) is 10.7. The van der Waals surface area contributed by atoms with Crippen LogP contribution in [0.1, 0.15) is 62.3 Å². The SMILES string of the molecule is CC(C)(C)N.CC(C)(C)N.CC(C)(C)N.Fc1c(F)c(F)c(-c2c(F)c(F)c(F)c(F)c2F)c(F)c1F.Fc1c(F)c(F)c(-c2c(F)c(F)c(F)c(F)c2F)c(F)c1F.Fc1c(F)c(F)c(-c2c(F)c(F)c(F)c(F)c2F)c(F)c1F.Fc1c(F)c(F)c(-c2c(F)c(F)c(F)c(F)c2F)c(F)c1F.OB(O)O. The maximum absolute atomic E-state index is 13.4. The number of hydrogen-bond donors (Lipinski definition) is 6. The Hall–Kier alpha value is -9.22. The number of benzene rings is 8. The smallest absolute Gasteiger partial charge is 0.402 e. The molecule has 0 aliphatic heterocycles. The fourth-order valence-electron chi connectivity index (χ4n) is 6.60. The minimum absolute atomic E-state index is 0. The van der Waals surface area contributed by atoms with Crippen LogP contribution in [0.2, 0.25) is 0 Å². The van der Waals surface area contributed by atoms with Crippen molar-refractivity contribution in [3.05, 3.63) is 233 Å². The highest BCUT2D eigenvalue weighted by molar-refractivity contribution is 6.30. The molecule has 8 aromatic rings. The van der Waals surface area contributed by atoms with E-state index in [0.717, 1.165) is 0 Å². The highest BCUT2D eigenvalue weighted by atomic mass is 19.2. The van der Waals surface area contributed by atoms with E-state index >= 15 is 0 Å². The van der Waals surface area contributed by atoms with Crippen molar-refractivity contribution in [2.45, 2.75) is 78.9 Å². The van der Waals surface area contributed by atoms with Gasteiger partial charge in [-0.3, -0.25) is 0 Å². The number of nitrogens with two attached hydrogens (primary N) is 3. The molecule has 0 aromatic heterocycles. The second-order valence-electron chi connectivity index (χ2n) is 23.0. The van der Waals surface area contributed by atoms with Crippen molar-refractivity contribution >= 4 is 7.32 Å². The first kappa shape index (κ1) is 95.8. The molecule has 8 aromatic carbocycles. The minimum atomic E-state index is -2.68. The van der Waals surface area contributed by atoms with Gasteiger partial charge in [0.25, 0.3) is 0 Å². The van der Waals surface area contributed by atoms with Crippen molar-refractivity contribution in [1.82, 2.24) is 0 Å². The summed E-state index contributed by atoms with van der Waals surface area (Å²) in [7, 11) is -2.17. The largest absolute Gasteiger partial charge is 0.631 e. The molecule has 0 fully saturated rings. The van der Waals surface area contributed by atoms with Gasteiger partial charge in [0.15, 0.2) is 186 Å². The molecular weight excluding hydrogens is 1580 g/mol. The molecular formula is C60H36BF40N3O3. The Labute approximate surface area is 570 Å². The van der Waals surface area contributed by atoms with Crippen LogP contribution in [-0.4, -0.2) is 39.0 Å². The van der Waals surface area contributed by atoms with Gasteiger partial charge >= 0.3 is 7.32 Å². The van der Waals surface area contributed by atoms with Gasteiger partial charge in [0.1, 0.15) is 0 Å². The zero-order valence-corrected chi connectivity index (χ0v) is 53.3. The van der Waals surface area contributed by atoms with E-state index in [1.807, 2.05) is 62.3 Å². The Morgan fingerprint density at radius 2 is 0.168 bits per heavy atom. The van der Waals surface area contributed by atoms with Crippen LogP contribution in [0.5, 0.6) is 0 Å². The fraction of sp³-hybridized carbons (Fsp3) is 0.200. The summed E-state index contributed by atoms with van der Waals surface area (Å²) < 4.78 is 525. The zero-order valence-electron chi connectivity index (χ0n) is 53.3. The van der Waals surface area contributed by atoms with Crippen LogP contribution in [0, 0.1) is 233 Å². The topological polar surface area (TPSA) is 139 Å². The predicted octanol–water partition coefficient (Wildman–Crippen LogP) is 19.2. The van der Waals surface area contributed by atoms with Crippen LogP contribution < -0.4 is 17.2 Å². The molecule has 8 rings (SSSR count). The lowest BCUT2D eigenvalue weighted by Crippen LogP contribution is -2.26. The quantitative estimate of drug-likeness (QED) is 0.0449. The van der Waals surface area contributed by atoms with Crippen molar-refractivity contribution in [3.63, 3.8) is 0 Å². The van der Waals surface area contributed by atoms with Gasteiger partial charge in [-0.2, -0.15) is 0 Å². The Morgan fingerprint density at radius 1 is 0.140 bits per heavy atom. The molecule has 9 N–H and O–H groups in total. The van der Waals surface area contributed by atoms with Gasteiger partial charge in [-0.05, 0) is 62.3 Å². The van der Waals surface area contributed by atoms with E-state index in [1.165, 1.54) is 0 Å². The average Bonchev–Trinajstić information content (AvgIpc) is 0.770. The van der Waals surface area contributed by atoms with Gasteiger partial charge in [-0.1, -0.05) is 0 Å². The van der Waals surface area contributed by atoms with E-state index in [-0.39, 0.29) is 16.6 Å². The van der Waals surface area contributed by atoms with Gasteiger partial charge in [-0.15, -0.1) is 0 Å². The van der Waals surface area contributed by atoms with E-state index in [2.05, 4.69) is 0 Å². The molecule has 0 heterocycles. The summed E-state index contributed by atoms with van der Waals surface area (Å²) >= 11 is 0. The lowest BCUT2D eigenvalue weighted by molar-refractivity contribution is 0.278. The number of hydrogen-bond acceptors (Lipinski definition) is 6. The normalized spacial score (nSPS) is 11.1. The first-order valence-corrected chi connectivity index (χ1v) is 26.7. The summed E-state index contributed by atoms with van der Waals surface area (Å²) in [4.78, 5) is 0. The van der Waals surface area contributed by atoms with Crippen LogP contribution in [0.25, 0.3) is 44.5 Å². The average molecular weight is 1620 g/mol. The van der Waals surface area contributed by atoms with Crippen molar-refractivity contribution in [1.29, 1.82) is 0 Å². The summed E-state index contributed by atoms with van der Waals surface area (Å²) in [5.41, 5.74) is -2.02. The van der Waals surface area contributed by atoms with Gasteiger partial charge in [0.05, 0.1) is 44.5 Å². The first-order valence-electron chi connectivity index (χ1n) is 26.7. The number of halogens is 40. The molecule has 6 nitrogen and oxygen atoms in total. The number of rotatable bonds is 4. The lowest BCUT2D eigenvalue weighted by Gasteiger charge is -2.11. The van der Waals surface area contributed by atoms with Gasteiger partial charge in [0.2, 0.25) is 46.5 Å². The van der Waals surface area contributed by atoms with E-state index in [1.54, 1.807) is 0 Å². The molecule has 0 amide bonds. The molecule has 0 saturated carbocycles. The molecule has 592 valence electrons. The fourth-order valence-corrected chi connectivity index (χ4v) is 6.60. The zero-order chi connectivity index (χ0) is 84.8. The molecule has 47 heteroatoms. The maximum Gasteiger partial charge on any atom is 0.631 e. The maximum atomic E-state index is 13.4. The van der Waals surface area contributed by atoms with E-state index in [0.29, 0.717) is 0 Å². The summed E-state index contributed by atoms with van der Waals surface area (Å²) in [6.45, 7) is 17.7. The van der Waals surface area contributed by atoms with Gasteiger partial charge < -0.3 is 32.3 Å². The van der Waals surface area contributed by atoms with Gasteiger partial charge in [0, 0.05) is 16.6 Å². The van der Waals surface area contributed by atoms with E-state index < -0.39 is 285 Å². The monoisotopic (exact) mass is 1620 g/mol. The Bertz CT molecular complexity index is 3600. The molecule has 0 saturated heterocycles. The second-order valence-corrected chi connectivity index (χ2v) is 23.0. The van der Waals surface area contributed by atoms with Crippen LogP contribution in [-0.2, 0) is 0 Å². The van der Waals surface area contributed by atoms with Crippen molar-refractivity contribution in [2.24, 2.45) is 17.2 Å². The van der Waals surface area contributed by atoms with E-state index in [4.69, 9.17) is 32.3 Å². The van der Waals surface area contributed by atoms with E-state index in [9.17, 15) is 176 Å². The molecule has 0 atom stereocenters. The highest BCUT2D eigenvalue weighted by Gasteiger charge is 2.40. The third-order valence-electron chi connectivity index (χ3n) is 10.7. The summed E-state index contributed by atoms with van der Waals surface area (Å²) in [6, 6.07) is 0. The van der Waals surface area contributed by atoms with Crippen molar-refractivity contribution < 1.29 is 191 Å². The third kappa shape index (κ3) is 22.0. The minimum Gasteiger partial charge on any atom is -0.402 e. The molecule has 0 spiro atoms. The molecule has 107 heavy (non-hydrogen) atoms. The first-order chi connectivity index (χ1) is 48.2. The highest BCUT2D eigenvalue weighted by Crippen LogP contribution is 2.42. The van der Waals surface area contributed by atoms with Crippen LogP contribution >= 0.6 is 0 Å². The van der Waals surface area contributed by atoms with Gasteiger partial charge in [-0.25, -0.2) is 176 Å². The standard InChI is InChI=1S/4C12F10.3C4H11N.BH3O3/c4*13-3-1(4(14)8(18)11(21)7(3)17)2-5(15)9(19)12(22)10(20)6(2)16;3*1-4(2,3)5;2-1(3)4/h;;;;3*5H2,1-3H3;2-4H. The summed E-state index contributed by atoms with van der Waals surface area (Å²) in [6.07, 6.45) is 0. The molecule has 0 unspecified atom stereocenters. The second kappa shape index (κ2) is 36.6. The molecule has 0 aliphatic rings. The Kier molecular flexibility index (Phi) is 32.8. The molecule has 0 radical (unpaired) electrons. The summed E-state index contributed by atoms with van der Waals surface area (Å²) in [5.74, 6) is -107. The van der Waals surface area contributed by atoms with Crippen LogP contribution in [0.4, 0.5) is 176 Å². The van der Waals surface area contributed by atoms with Crippen LogP contribution in [0.3, 0.4) is 0 Å². The molecule has 0 aliphatic carbocycles. The van der Waals surface area contributed by atoms with Crippen molar-refractivity contribution in [3.8, 4) is 44.5 Å². The lowest BCUT2D eigenvalue weighted by atomic mass is 10.0. The summed E-state index contributed by atoms with van der Waals surface area (Å²) in [5, 5.41) is 21.5. The molecule has 0 bridgehead atoms.